The number of Topliss-reactive ketones (excluding diaryl/α,β-unsaturated/α-hetero) is 1. The second-order valence-electron chi connectivity index (χ2n) is 5.84. The molecule has 0 amide bonds. The molecule has 1 unspecified atom stereocenters. The summed E-state index contributed by atoms with van der Waals surface area (Å²) in [6.45, 7) is 6.05. The van der Waals surface area contributed by atoms with Gasteiger partial charge in [0.25, 0.3) is 5.56 Å². The number of allylic oxidation sites excluding steroid dienone is 1. The van der Waals surface area contributed by atoms with Crippen LogP contribution in [-0.4, -0.2) is 15.3 Å². The van der Waals surface area contributed by atoms with Gasteiger partial charge in [0.1, 0.15) is 5.82 Å². The van der Waals surface area contributed by atoms with Crippen LogP contribution in [0.25, 0.3) is 10.9 Å². The highest BCUT2D eigenvalue weighted by molar-refractivity contribution is 5.86. The number of ketones is 1. The van der Waals surface area contributed by atoms with Gasteiger partial charge in [-0.3, -0.25) is 14.2 Å². The maximum Gasteiger partial charge on any atom is 0.262 e. The summed E-state index contributed by atoms with van der Waals surface area (Å²) in [6, 6.07) is 4.98. The standard InChI is InChI=1S/C17H19N3O2/c1-10-3-6-15(16(21)7-10)20-11(2)19-14-8-12(9-18)4-5-13(14)17(20)22/h4-5,8,15H,1,3,6-7,9,18H2,2H3. The van der Waals surface area contributed by atoms with Gasteiger partial charge in [-0.2, -0.15) is 0 Å². The van der Waals surface area contributed by atoms with Crippen molar-refractivity contribution in [3.8, 4) is 0 Å². The Kier molecular flexibility index (Phi) is 3.66. The van der Waals surface area contributed by atoms with Gasteiger partial charge in [-0.05, 0) is 37.5 Å². The Bertz CT molecular complexity index is 836. The normalized spacial score (nSPS) is 18.9. The molecule has 1 aliphatic carbocycles. The molecule has 22 heavy (non-hydrogen) atoms. The molecule has 1 saturated carbocycles. The largest absolute Gasteiger partial charge is 0.326 e. The van der Waals surface area contributed by atoms with Crippen molar-refractivity contribution < 1.29 is 4.79 Å². The van der Waals surface area contributed by atoms with Crippen LogP contribution in [0.2, 0.25) is 0 Å². The van der Waals surface area contributed by atoms with E-state index >= 15 is 0 Å². The second kappa shape index (κ2) is 5.50. The number of hydrogen-bond donors (Lipinski definition) is 1. The molecular formula is C17H19N3O2. The van der Waals surface area contributed by atoms with Gasteiger partial charge in [0.15, 0.2) is 5.78 Å². The number of benzene rings is 1. The van der Waals surface area contributed by atoms with Crippen molar-refractivity contribution >= 4 is 16.7 Å². The van der Waals surface area contributed by atoms with E-state index in [2.05, 4.69) is 11.6 Å². The summed E-state index contributed by atoms with van der Waals surface area (Å²) >= 11 is 0. The first kappa shape index (κ1) is 14.7. The fourth-order valence-electron chi connectivity index (χ4n) is 3.08. The van der Waals surface area contributed by atoms with Crippen LogP contribution in [0.15, 0.2) is 35.1 Å². The Morgan fingerprint density at radius 2 is 2.18 bits per heavy atom. The minimum atomic E-state index is -0.427. The smallest absolute Gasteiger partial charge is 0.262 e. The number of carbonyl (C=O) groups is 1. The molecule has 5 nitrogen and oxygen atoms in total. The van der Waals surface area contributed by atoms with Crippen molar-refractivity contribution in [1.82, 2.24) is 9.55 Å². The van der Waals surface area contributed by atoms with Crippen LogP contribution in [0.4, 0.5) is 0 Å². The lowest BCUT2D eigenvalue weighted by Gasteiger charge is -2.25. The summed E-state index contributed by atoms with van der Waals surface area (Å²) in [7, 11) is 0. The number of rotatable bonds is 2. The maximum absolute atomic E-state index is 12.8. The van der Waals surface area contributed by atoms with Crippen LogP contribution in [0, 0.1) is 6.92 Å². The van der Waals surface area contributed by atoms with Crippen molar-refractivity contribution in [2.75, 3.05) is 0 Å². The average Bonchev–Trinajstić information content (AvgIpc) is 2.48. The number of hydrogen-bond acceptors (Lipinski definition) is 4. The lowest BCUT2D eigenvalue weighted by Crippen LogP contribution is -2.34. The second-order valence-corrected chi connectivity index (χ2v) is 5.84. The summed E-state index contributed by atoms with van der Waals surface area (Å²) in [5, 5.41) is 0.528. The Labute approximate surface area is 128 Å². The lowest BCUT2D eigenvalue weighted by atomic mass is 9.90. The molecule has 2 aromatic rings. The van der Waals surface area contributed by atoms with E-state index in [0.717, 1.165) is 17.6 Å². The van der Waals surface area contributed by atoms with Crippen LogP contribution in [0.1, 0.15) is 36.7 Å². The zero-order valence-corrected chi connectivity index (χ0v) is 12.6. The predicted molar refractivity (Wildman–Crippen MR) is 85.7 cm³/mol. The monoisotopic (exact) mass is 297 g/mol. The Balaban J connectivity index is 2.16. The zero-order chi connectivity index (χ0) is 15.9. The third kappa shape index (κ3) is 2.37. The maximum atomic E-state index is 12.8. The molecule has 1 aliphatic rings. The molecule has 1 fully saturated rings. The summed E-state index contributed by atoms with van der Waals surface area (Å²) in [5.74, 6) is 0.610. The van der Waals surface area contributed by atoms with E-state index in [1.807, 2.05) is 12.1 Å². The Morgan fingerprint density at radius 3 is 2.86 bits per heavy atom. The number of carbonyl (C=O) groups excluding carboxylic acids is 1. The first-order chi connectivity index (χ1) is 10.5. The van der Waals surface area contributed by atoms with Crippen molar-refractivity contribution in [3.63, 3.8) is 0 Å². The molecule has 1 aromatic heterocycles. The van der Waals surface area contributed by atoms with Crippen LogP contribution in [-0.2, 0) is 11.3 Å². The van der Waals surface area contributed by atoms with E-state index in [4.69, 9.17) is 5.73 Å². The fourth-order valence-corrected chi connectivity index (χ4v) is 3.08. The van der Waals surface area contributed by atoms with Gasteiger partial charge in [-0.25, -0.2) is 4.98 Å². The van der Waals surface area contributed by atoms with E-state index in [1.165, 1.54) is 0 Å². The first-order valence-electron chi connectivity index (χ1n) is 7.42. The summed E-state index contributed by atoms with van der Waals surface area (Å²) in [6.07, 6.45) is 1.74. The molecule has 0 saturated heterocycles. The van der Waals surface area contributed by atoms with Gasteiger partial charge in [0.05, 0.1) is 16.9 Å². The third-order valence-electron chi connectivity index (χ3n) is 4.26. The highest BCUT2D eigenvalue weighted by Crippen LogP contribution is 2.28. The molecule has 3 rings (SSSR count). The predicted octanol–water partition coefficient (Wildman–Crippen LogP) is 2.01. The quantitative estimate of drug-likeness (QED) is 0.860. The minimum absolute atomic E-state index is 0.0428. The van der Waals surface area contributed by atoms with Crippen LogP contribution >= 0.6 is 0 Å². The van der Waals surface area contributed by atoms with Crippen LogP contribution in [0.5, 0.6) is 0 Å². The Morgan fingerprint density at radius 1 is 1.41 bits per heavy atom. The molecule has 1 atom stereocenters. The van der Waals surface area contributed by atoms with Crippen molar-refractivity contribution in [1.29, 1.82) is 0 Å². The van der Waals surface area contributed by atoms with Crippen molar-refractivity contribution in [2.24, 2.45) is 5.73 Å². The molecule has 1 heterocycles. The van der Waals surface area contributed by atoms with E-state index < -0.39 is 6.04 Å². The van der Waals surface area contributed by atoms with Gasteiger partial charge < -0.3 is 5.73 Å². The van der Waals surface area contributed by atoms with Crippen LogP contribution < -0.4 is 11.3 Å². The van der Waals surface area contributed by atoms with Gasteiger partial charge in [-0.15, -0.1) is 0 Å². The molecule has 0 spiro atoms. The number of aryl methyl sites for hydroxylation is 1. The lowest BCUT2D eigenvalue weighted by molar-refractivity contribution is -0.122. The fraction of sp³-hybridized carbons (Fsp3) is 0.353. The van der Waals surface area contributed by atoms with E-state index in [1.54, 1.807) is 17.6 Å². The highest BCUT2D eigenvalue weighted by Gasteiger charge is 2.28. The number of nitrogens with zero attached hydrogens (tertiary/aromatic N) is 2. The number of fused-ring (bicyclic) bond motifs is 1. The molecule has 1 aromatic carbocycles. The molecule has 114 valence electrons. The zero-order valence-electron chi connectivity index (χ0n) is 12.6. The highest BCUT2D eigenvalue weighted by atomic mass is 16.1. The summed E-state index contributed by atoms with van der Waals surface area (Å²) in [4.78, 5) is 29.6. The van der Waals surface area contributed by atoms with E-state index in [0.29, 0.717) is 36.1 Å². The molecule has 2 N–H and O–H groups in total. The van der Waals surface area contributed by atoms with Gasteiger partial charge in [0.2, 0.25) is 0 Å². The molecule has 0 aliphatic heterocycles. The molecular weight excluding hydrogens is 278 g/mol. The molecule has 5 heteroatoms. The summed E-state index contributed by atoms with van der Waals surface area (Å²) < 4.78 is 1.54. The number of aromatic nitrogens is 2. The average molecular weight is 297 g/mol. The summed E-state index contributed by atoms with van der Waals surface area (Å²) in [5.41, 5.74) is 7.98. The number of nitrogens with two attached hydrogens (primary N) is 1. The molecule has 0 bridgehead atoms. The minimum Gasteiger partial charge on any atom is -0.326 e. The Hall–Kier alpha value is -2.27. The third-order valence-corrected chi connectivity index (χ3v) is 4.26. The van der Waals surface area contributed by atoms with Crippen molar-refractivity contribution in [3.05, 3.63) is 52.1 Å². The SMILES string of the molecule is C=C1CCC(n2c(C)nc3cc(CN)ccc3c2=O)C(=O)C1. The topological polar surface area (TPSA) is 78.0 Å². The van der Waals surface area contributed by atoms with Crippen molar-refractivity contribution in [2.45, 2.75) is 38.8 Å². The van der Waals surface area contributed by atoms with Gasteiger partial charge in [0, 0.05) is 13.0 Å². The first-order valence-corrected chi connectivity index (χ1v) is 7.42. The van der Waals surface area contributed by atoms with E-state index in [9.17, 15) is 9.59 Å². The molecule has 0 radical (unpaired) electrons. The van der Waals surface area contributed by atoms with Gasteiger partial charge in [-0.1, -0.05) is 18.2 Å². The van der Waals surface area contributed by atoms with E-state index in [-0.39, 0.29) is 11.3 Å². The van der Waals surface area contributed by atoms with Crippen LogP contribution in [0.3, 0.4) is 0 Å². The van der Waals surface area contributed by atoms with Gasteiger partial charge >= 0.3 is 0 Å².